The molecule has 0 saturated carbocycles. The number of methoxy groups -OCH3 is 1. The van der Waals surface area contributed by atoms with Gasteiger partial charge in [-0.15, -0.1) is 0 Å². The summed E-state index contributed by atoms with van der Waals surface area (Å²) in [6.45, 7) is 2.42. The van der Waals surface area contributed by atoms with E-state index in [2.05, 4.69) is 20.6 Å². The van der Waals surface area contributed by atoms with E-state index in [0.717, 1.165) is 0 Å². The summed E-state index contributed by atoms with van der Waals surface area (Å²) in [6, 6.07) is 6.80. The van der Waals surface area contributed by atoms with E-state index in [0.29, 0.717) is 24.1 Å². The Labute approximate surface area is 139 Å². The number of hydrogen-bond acceptors (Lipinski definition) is 5. The third-order valence-corrected chi connectivity index (χ3v) is 3.16. The van der Waals surface area contributed by atoms with Crippen molar-refractivity contribution >= 4 is 23.5 Å². The quantitative estimate of drug-likeness (QED) is 0.849. The number of anilines is 3. The van der Waals surface area contributed by atoms with Crippen LogP contribution in [0.2, 0.25) is 0 Å². The van der Waals surface area contributed by atoms with Gasteiger partial charge in [-0.2, -0.15) is 4.98 Å². The average molecular weight is 333 g/mol. The topological polar surface area (TPSA) is 79.4 Å². The number of hydrogen-bond donors (Lipinski definition) is 2. The molecule has 1 atom stereocenters. The molecule has 0 saturated heterocycles. The van der Waals surface area contributed by atoms with E-state index in [4.69, 9.17) is 4.74 Å². The molecule has 1 aromatic heterocycles. The Kier molecular flexibility index (Phi) is 6.02. The van der Waals surface area contributed by atoms with E-state index < -0.39 is 6.03 Å². The number of urea groups is 1. The number of nitrogens with zero attached hydrogens (tertiary/aromatic N) is 3. The minimum absolute atomic E-state index is 0.00419. The molecule has 0 radical (unpaired) electrons. The molecule has 7 nitrogen and oxygen atoms in total. The SMILES string of the molecule is CNC(=O)N(c1ccc(F)cc1)c1ccnc(NC(C)COC)n1. The number of benzene rings is 1. The van der Waals surface area contributed by atoms with Crippen molar-refractivity contribution in [3.05, 3.63) is 42.3 Å². The third-order valence-electron chi connectivity index (χ3n) is 3.16. The molecule has 0 spiro atoms. The molecule has 1 unspecified atom stereocenters. The maximum Gasteiger partial charge on any atom is 0.327 e. The second-order valence-corrected chi connectivity index (χ2v) is 5.11. The van der Waals surface area contributed by atoms with Gasteiger partial charge in [0.15, 0.2) is 0 Å². The first-order valence-electron chi connectivity index (χ1n) is 7.41. The number of carbonyl (C=O) groups is 1. The first-order chi connectivity index (χ1) is 11.5. The van der Waals surface area contributed by atoms with E-state index in [-0.39, 0.29) is 11.9 Å². The maximum atomic E-state index is 13.1. The van der Waals surface area contributed by atoms with Gasteiger partial charge in [-0.3, -0.25) is 0 Å². The van der Waals surface area contributed by atoms with Crippen LogP contribution in [0.1, 0.15) is 6.92 Å². The maximum absolute atomic E-state index is 13.1. The number of ether oxygens (including phenoxy) is 1. The summed E-state index contributed by atoms with van der Waals surface area (Å²) in [7, 11) is 3.12. The summed E-state index contributed by atoms with van der Waals surface area (Å²) in [5.74, 6) is 0.352. The van der Waals surface area contributed by atoms with Gasteiger partial charge in [-0.25, -0.2) is 19.1 Å². The Morgan fingerprint density at radius 3 is 2.67 bits per heavy atom. The molecule has 2 rings (SSSR count). The third kappa shape index (κ3) is 4.39. The van der Waals surface area contributed by atoms with Gasteiger partial charge in [0.1, 0.15) is 11.6 Å². The number of aromatic nitrogens is 2. The average Bonchev–Trinajstić information content (AvgIpc) is 2.57. The van der Waals surface area contributed by atoms with Crippen molar-refractivity contribution in [1.29, 1.82) is 0 Å². The number of amides is 2. The molecule has 0 aliphatic carbocycles. The zero-order chi connectivity index (χ0) is 17.5. The zero-order valence-corrected chi connectivity index (χ0v) is 13.8. The molecule has 2 amide bonds. The monoisotopic (exact) mass is 333 g/mol. The molecule has 2 N–H and O–H groups in total. The van der Waals surface area contributed by atoms with Crippen molar-refractivity contribution in [2.45, 2.75) is 13.0 Å². The van der Waals surface area contributed by atoms with E-state index in [1.807, 2.05) is 6.92 Å². The summed E-state index contributed by atoms with van der Waals surface area (Å²) in [4.78, 5) is 22.1. The number of rotatable bonds is 6. The predicted octanol–water partition coefficient (Wildman–Crippen LogP) is 2.54. The summed E-state index contributed by atoms with van der Waals surface area (Å²) >= 11 is 0. The van der Waals surface area contributed by atoms with Crippen LogP contribution in [-0.4, -0.2) is 42.8 Å². The fourth-order valence-corrected chi connectivity index (χ4v) is 2.11. The zero-order valence-electron chi connectivity index (χ0n) is 13.8. The molecule has 1 heterocycles. The summed E-state index contributed by atoms with van der Waals surface area (Å²) < 4.78 is 18.2. The van der Waals surface area contributed by atoms with Gasteiger partial charge >= 0.3 is 6.03 Å². The van der Waals surface area contributed by atoms with Gasteiger partial charge < -0.3 is 15.4 Å². The Morgan fingerprint density at radius 1 is 1.33 bits per heavy atom. The molecule has 1 aromatic carbocycles. The smallest absolute Gasteiger partial charge is 0.327 e. The lowest BCUT2D eigenvalue weighted by atomic mass is 10.3. The minimum atomic E-state index is -0.392. The molecular weight excluding hydrogens is 313 g/mol. The first-order valence-corrected chi connectivity index (χ1v) is 7.41. The number of carbonyl (C=O) groups excluding carboxylic acids is 1. The molecule has 0 aliphatic rings. The lowest BCUT2D eigenvalue weighted by Gasteiger charge is -2.22. The largest absolute Gasteiger partial charge is 0.383 e. The van der Waals surface area contributed by atoms with E-state index in [9.17, 15) is 9.18 Å². The van der Waals surface area contributed by atoms with Crippen LogP contribution in [0.3, 0.4) is 0 Å². The molecule has 2 aromatic rings. The van der Waals surface area contributed by atoms with Crippen LogP contribution in [0.15, 0.2) is 36.5 Å². The van der Waals surface area contributed by atoms with E-state index in [1.165, 1.54) is 36.2 Å². The van der Waals surface area contributed by atoms with Crippen molar-refractivity contribution in [3.8, 4) is 0 Å². The van der Waals surface area contributed by atoms with Crippen LogP contribution in [0.4, 0.5) is 26.6 Å². The lowest BCUT2D eigenvalue weighted by Crippen LogP contribution is -2.35. The van der Waals surface area contributed by atoms with E-state index >= 15 is 0 Å². The molecule has 0 bridgehead atoms. The Balaban J connectivity index is 2.33. The standard InChI is InChI=1S/C16H20FN5O2/c1-11(10-24-3)20-15-19-9-8-14(21-15)22(16(23)18-2)13-6-4-12(17)5-7-13/h4-9,11H,10H2,1-3H3,(H,18,23)(H,19,20,21). The lowest BCUT2D eigenvalue weighted by molar-refractivity contribution is 0.190. The van der Waals surface area contributed by atoms with Crippen LogP contribution in [0.25, 0.3) is 0 Å². The molecular formula is C16H20FN5O2. The first kappa shape index (κ1) is 17.6. The van der Waals surface area contributed by atoms with Gasteiger partial charge in [0.05, 0.1) is 12.3 Å². The van der Waals surface area contributed by atoms with Crippen LogP contribution < -0.4 is 15.5 Å². The summed E-state index contributed by atoms with van der Waals surface area (Å²) in [6.07, 6.45) is 1.55. The summed E-state index contributed by atoms with van der Waals surface area (Å²) in [5.41, 5.74) is 0.491. The van der Waals surface area contributed by atoms with Gasteiger partial charge in [0.25, 0.3) is 0 Å². The molecule has 0 aliphatic heterocycles. The Morgan fingerprint density at radius 2 is 2.04 bits per heavy atom. The van der Waals surface area contributed by atoms with Crippen LogP contribution in [0, 0.1) is 5.82 Å². The number of halogens is 1. The highest BCUT2D eigenvalue weighted by atomic mass is 19.1. The van der Waals surface area contributed by atoms with E-state index in [1.54, 1.807) is 19.4 Å². The van der Waals surface area contributed by atoms with Crippen molar-refractivity contribution < 1.29 is 13.9 Å². The minimum Gasteiger partial charge on any atom is -0.383 e. The molecule has 128 valence electrons. The highest BCUT2D eigenvalue weighted by Gasteiger charge is 2.19. The number of nitrogens with one attached hydrogen (secondary N) is 2. The van der Waals surface area contributed by atoms with Gasteiger partial charge in [0, 0.05) is 32.5 Å². The van der Waals surface area contributed by atoms with Crippen LogP contribution >= 0.6 is 0 Å². The second-order valence-electron chi connectivity index (χ2n) is 5.11. The van der Waals surface area contributed by atoms with Crippen molar-refractivity contribution in [1.82, 2.24) is 15.3 Å². The summed E-state index contributed by atoms with van der Waals surface area (Å²) in [5, 5.41) is 5.64. The second kappa shape index (κ2) is 8.21. The molecule has 24 heavy (non-hydrogen) atoms. The van der Waals surface area contributed by atoms with Crippen molar-refractivity contribution in [3.63, 3.8) is 0 Å². The Hall–Kier alpha value is -2.74. The van der Waals surface area contributed by atoms with Gasteiger partial charge in [-0.05, 0) is 31.2 Å². The normalized spacial score (nSPS) is 11.7. The fraction of sp³-hybridized carbons (Fsp3) is 0.312. The fourth-order valence-electron chi connectivity index (χ4n) is 2.11. The molecule has 8 heteroatoms. The Bertz CT molecular complexity index is 680. The van der Waals surface area contributed by atoms with Crippen LogP contribution in [-0.2, 0) is 4.74 Å². The molecule has 0 fully saturated rings. The van der Waals surface area contributed by atoms with Gasteiger partial charge in [-0.1, -0.05) is 0 Å². The highest BCUT2D eigenvalue weighted by Crippen LogP contribution is 2.24. The highest BCUT2D eigenvalue weighted by molar-refractivity contribution is 5.98. The predicted molar refractivity (Wildman–Crippen MR) is 90.0 cm³/mol. The van der Waals surface area contributed by atoms with Crippen molar-refractivity contribution in [2.24, 2.45) is 0 Å². The van der Waals surface area contributed by atoms with Crippen LogP contribution in [0.5, 0.6) is 0 Å². The van der Waals surface area contributed by atoms with Crippen molar-refractivity contribution in [2.75, 3.05) is 31.0 Å². The van der Waals surface area contributed by atoms with Gasteiger partial charge in [0.2, 0.25) is 5.95 Å².